The van der Waals surface area contributed by atoms with Crippen LogP contribution < -0.4 is 10.1 Å². The maximum atomic E-state index is 12.7. The van der Waals surface area contributed by atoms with Crippen LogP contribution in [0.2, 0.25) is 0 Å². The predicted octanol–water partition coefficient (Wildman–Crippen LogP) is 3.25. The lowest BCUT2D eigenvalue weighted by Crippen LogP contribution is -2.52. The first-order chi connectivity index (χ1) is 13.1. The average molecular weight is 388 g/mol. The van der Waals surface area contributed by atoms with Gasteiger partial charge < -0.3 is 15.0 Å². The zero-order valence-corrected chi connectivity index (χ0v) is 17.2. The highest BCUT2D eigenvalue weighted by molar-refractivity contribution is 7.10. The molecule has 3 rings (SSSR count). The van der Waals surface area contributed by atoms with E-state index < -0.39 is 0 Å². The van der Waals surface area contributed by atoms with Crippen LogP contribution in [-0.4, -0.2) is 61.6 Å². The van der Waals surface area contributed by atoms with Crippen LogP contribution in [0, 0.1) is 0 Å². The highest BCUT2D eigenvalue weighted by atomic mass is 32.1. The van der Waals surface area contributed by atoms with E-state index in [-0.39, 0.29) is 18.0 Å². The van der Waals surface area contributed by atoms with Crippen molar-refractivity contribution in [2.75, 3.05) is 39.8 Å². The fourth-order valence-electron chi connectivity index (χ4n) is 3.67. The Morgan fingerprint density at radius 3 is 2.44 bits per heavy atom. The van der Waals surface area contributed by atoms with Crippen LogP contribution >= 0.6 is 11.3 Å². The summed E-state index contributed by atoms with van der Waals surface area (Å²) in [5.41, 5.74) is 0.656. The summed E-state index contributed by atoms with van der Waals surface area (Å²) in [4.78, 5) is 19.0. The minimum Gasteiger partial charge on any atom is -0.497 e. The number of nitrogens with one attached hydrogen (secondary N) is 1. The lowest BCUT2D eigenvalue weighted by Gasteiger charge is -2.41. The van der Waals surface area contributed by atoms with Gasteiger partial charge in [0.2, 0.25) is 0 Å². The Bertz CT molecular complexity index is 710. The number of ether oxygens (including phenoxy) is 1. The molecule has 2 atom stereocenters. The van der Waals surface area contributed by atoms with Gasteiger partial charge >= 0.3 is 0 Å². The summed E-state index contributed by atoms with van der Waals surface area (Å²) in [6.07, 6.45) is 0. The van der Waals surface area contributed by atoms with E-state index in [1.54, 1.807) is 30.6 Å². The SMILES string of the molecule is CCN1CCN([C@@H](c2cccs2)[C@@H](C)NC(=O)c2ccc(OC)cc2)CC1. The number of benzene rings is 1. The maximum absolute atomic E-state index is 12.7. The third-order valence-electron chi connectivity index (χ3n) is 5.27. The molecule has 0 aliphatic carbocycles. The lowest BCUT2D eigenvalue weighted by molar-refractivity contribution is 0.0753. The fraction of sp³-hybridized carbons (Fsp3) is 0.476. The van der Waals surface area contributed by atoms with Gasteiger partial charge in [-0.15, -0.1) is 11.3 Å². The van der Waals surface area contributed by atoms with E-state index in [1.807, 2.05) is 12.1 Å². The molecule has 0 radical (unpaired) electrons. The van der Waals surface area contributed by atoms with Gasteiger partial charge in [-0.25, -0.2) is 0 Å². The number of carbonyl (C=O) groups is 1. The summed E-state index contributed by atoms with van der Waals surface area (Å²) in [7, 11) is 1.63. The number of piperazine rings is 1. The molecule has 0 saturated carbocycles. The Labute approximate surface area is 165 Å². The quantitative estimate of drug-likeness (QED) is 0.792. The molecular formula is C21H29N3O2S. The molecule has 0 spiro atoms. The minimum absolute atomic E-state index is 0.0198. The molecule has 1 aliphatic heterocycles. The normalized spacial score (nSPS) is 18.0. The molecule has 1 aromatic carbocycles. The molecule has 0 bridgehead atoms. The zero-order chi connectivity index (χ0) is 19.2. The summed E-state index contributed by atoms with van der Waals surface area (Å²) >= 11 is 1.76. The largest absolute Gasteiger partial charge is 0.497 e. The van der Waals surface area contributed by atoms with Crippen molar-refractivity contribution in [3.05, 3.63) is 52.2 Å². The number of hydrogen-bond donors (Lipinski definition) is 1. The lowest BCUT2D eigenvalue weighted by atomic mass is 10.0. The van der Waals surface area contributed by atoms with Crippen LogP contribution in [0.3, 0.4) is 0 Å². The molecule has 1 N–H and O–H groups in total. The minimum atomic E-state index is -0.0427. The average Bonchev–Trinajstić information content (AvgIpc) is 3.23. The molecular weight excluding hydrogens is 358 g/mol. The maximum Gasteiger partial charge on any atom is 0.251 e. The molecule has 5 nitrogen and oxygen atoms in total. The van der Waals surface area contributed by atoms with Crippen LogP contribution in [0.4, 0.5) is 0 Å². The zero-order valence-electron chi connectivity index (χ0n) is 16.4. The molecule has 27 heavy (non-hydrogen) atoms. The Kier molecular flexibility index (Phi) is 6.88. The van der Waals surface area contributed by atoms with Crippen LogP contribution in [-0.2, 0) is 0 Å². The first kappa shape index (κ1) is 19.9. The van der Waals surface area contributed by atoms with Crippen molar-refractivity contribution in [2.24, 2.45) is 0 Å². The van der Waals surface area contributed by atoms with Crippen molar-refractivity contribution in [1.29, 1.82) is 0 Å². The fourth-order valence-corrected chi connectivity index (χ4v) is 4.64. The molecule has 1 fully saturated rings. The van der Waals surface area contributed by atoms with E-state index in [9.17, 15) is 4.79 Å². The first-order valence-corrected chi connectivity index (χ1v) is 10.4. The molecule has 6 heteroatoms. The van der Waals surface area contributed by atoms with E-state index in [4.69, 9.17) is 4.74 Å². The summed E-state index contributed by atoms with van der Waals surface area (Å²) in [6, 6.07) is 11.7. The van der Waals surface area contributed by atoms with E-state index in [1.165, 1.54) is 4.88 Å². The summed E-state index contributed by atoms with van der Waals surface area (Å²) in [6.45, 7) is 9.64. The van der Waals surface area contributed by atoms with E-state index >= 15 is 0 Å². The van der Waals surface area contributed by atoms with Gasteiger partial charge in [0.25, 0.3) is 5.91 Å². The topological polar surface area (TPSA) is 44.8 Å². The van der Waals surface area contributed by atoms with Crippen molar-refractivity contribution in [3.8, 4) is 5.75 Å². The van der Waals surface area contributed by atoms with Crippen molar-refractivity contribution in [3.63, 3.8) is 0 Å². The van der Waals surface area contributed by atoms with Crippen LogP contribution in [0.15, 0.2) is 41.8 Å². The van der Waals surface area contributed by atoms with Gasteiger partial charge in [-0.1, -0.05) is 13.0 Å². The number of methoxy groups -OCH3 is 1. The number of hydrogen-bond acceptors (Lipinski definition) is 5. The second-order valence-electron chi connectivity index (χ2n) is 6.92. The molecule has 2 aromatic rings. The van der Waals surface area contributed by atoms with Gasteiger partial charge in [0.05, 0.1) is 13.2 Å². The van der Waals surface area contributed by atoms with E-state index in [2.05, 4.69) is 46.5 Å². The number of carbonyl (C=O) groups excluding carboxylic acids is 1. The standard InChI is InChI=1S/C21H29N3O2S/c1-4-23-11-13-24(14-12-23)20(19-6-5-15-27-19)16(2)22-21(25)17-7-9-18(26-3)10-8-17/h5-10,15-16,20H,4,11-14H2,1-3H3,(H,22,25)/t16-,20-/m1/s1. The summed E-state index contributed by atoms with van der Waals surface area (Å²) < 4.78 is 5.17. The highest BCUT2D eigenvalue weighted by Gasteiger charge is 2.30. The number of rotatable bonds is 7. The van der Waals surface area contributed by atoms with Crippen molar-refractivity contribution < 1.29 is 9.53 Å². The molecule has 1 aromatic heterocycles. The third kappa shape index (κ3) is 4.89. The second-order valence-corrected chi connectivity index (χ2v) is 7.90. The second kappa shape index (κ2) is 9.35. The Balaban J connectivity index is 1.71. The van der Waals surface area contributed by atoms with Crippen LogP contribution in [0.5, 0.6) is 5.75 Å². The summed E-state index contributed by atoms with van der Waals surface area (Å²) in [5, 5.41) is 5.33. The Hall–Kier alpha value is -1.89. The van der Waals surface area contributed by atoms with Crippen LogP contribution in [0.1, 0.15) is 35.1 Å². The van der Waals surface area contributed by atoms with E-state index in [0.717, 1.165) is 38.5 Å². The molecule has 1 saturated heterocycles. The van der Waals surface area contributed by atoms with Gasteiger partial charge in [0.15, 0.2) is 0 Å². The molecule has 1 aliphatic rings. The Morgan fingerprint density at radius 2 is 1.89 bits per heavy atom. The summed E-state index contributed by atoms with van der Waals surface area (Å²) in [5.74, 6) is 0.712. The monoisotopic (exact) mass is 387 g/mol. The number of nitrogens with zero attached hydrogens (tertiary/aromatic N) is 2. The van der Waals surface area contributed by atoms with Crippen LogP contribution in [0.25, 0.3) is 0 Å². The van der Waals surface area contributed by atoms with Gasteiger partial charge in [-0.2, -0.15) is 0 Å². The number of thiophene rings is 1. The molecule has 2 heterocycles. The van der Waals surface area contributed by atoms with Gasteiger partial charge in [-0.3, -0.25) is 9.69 Å². The number of amides is 1. The molecule has 146 valence electrons. The van der Waals surface area contributed by atoms with Gasteiger partial charge in [-0.05, 0) is 49.2 Å². The van der Waals surface area contributed by atoms with Gasteiger partial charge in [0, 0.05) is 42.7 Å². The van der Waals surface area contributed by atoms with Crippen molar-refractivity contribution in [1.82, 2.24) is 15.1 Å². The third-order valence-corrected chi connectivity index (χ3v) is 6.21. The van der Waals surface area contributed by atoms with E-state index in [0.29, 0.717) is 5.56 Å². The molecule has 0 unspecified atom stereocenters. The highest BCUT2D eigenvalue weighted by Crippen LogP contribution is 2.29. The van der Waals surface area contributed by atoms with Crippen molar-refractivity contribution in [2.45, 2.75) is 25.9 Å². The molecule has 1 amide bonds. The first-order valence-electron chi connectivity index (χ1n) is 9.57. The van der Waals surface area contributed by atoms with Gasteiger partial charge in [0.1, 0.15) is 5.75 Å². The smallest absolute Gasteiger partial charge is 0.251 e. The van der Waals surface area contributed by atoms with Crippen molar-refractivity contribution >= 4 is 17.2 Å². The predicted molar refractivity (Wildman–Crippen MR) is 111 cm³/mol. The number of likely N-dealkylation sites (N-methyl/N-ethyl adjacent to an activating group) is 1. The Morgan fingerprint density at radius 1 is 1.19 bits per heavy atom.